The van der Waals surface area contributed by atoms with Crippen LogP contribution in [0.2, 0.25) is 25.1 Å². The van der Waals surface area contributed by atoms with Crippen LogP contribution in [-0.4, -0.2) is 109 Å². The molecule has 0 spiro atoms. The van der Waals surface area contributed by atoms with Gasteiger partial charge in [0.25, 0.3) is 5.56 Å². The fourth-order valence-corrected chi connectivity index (χ4v) is 20.1. The monoisotopic (exact) mass is 1940 g/mol. The van der Waals surface area contributed by atoms with Gasteiger partial charge in [0.05, 0.1) is 110 Å². The molecule has 0 atom stereocenters. The fourth-order valence-electron chi connectivity index (χ4n) is 17.2. The van der Waals surface area contributed by atoms with E-state index in [1.807, 2.05) is 143 Å². The van der Waals surface area contributed by atoms with Crippen LogP contribution in [0.1, 0.15) is 164 Å². The van der Waals surface area contributed by atoms with Gasteiger partial charge in [-0.25, -0.2) is 74.5 Å². The van der Waals surface area contributed by atoms with Gasteiger partial charge < -0.3 is 47.0 Å². The number of rotatable bonds is 15. The number of thiazole rings is 2. The van der Waals surface area contributed by atoms with Crippen LogP contribution in [0.5, 0.6) is 0 Å². The molecule has 31 nitrogen and oxygen atoms in total. The van der Waals surface area contributed by atoms with Gasteiger partial charge in [0, 0.05) is 117 Å². The molecule has 0 radical (unpaired) electrons. The Hall–Kier alpha value is -14.1. The number of oxazole rings is 1. The maximum atomic E-state index is 12.4. The summed E-state index contributed by atoms with van der Waals surface area (Å²) in [6, 6.07) is 35.5. The lowest BCUT2D eigenvalue weighted by molar-refractivity contribution is 0.411. The summed E-state index contributed by atoms with van der Waals surface area (Å²) in [6.07, 6.45) is 29.3. The van der Waals surface area contributed by atoms with Gasteiger partial charge in [-0.05, 0) is 182 Å². The number of aromatic nitrogens is 22. The highest BCUT2D eigenvalue weighted by Crippen LogP contribution is 2.49. The van der Waals surface area contributed by atoms with Gasteiger partial charge in [0.2, 0.25) is 0 Å². The smallest absolute Gasteiger partial charge is 0.256 e. The molecule has 0 amide bonds. The highest BCUT2D eigenvalue weighted by Gasteiger charge is 2.35. The minimum Gasteiger partial charge on any atom is -0.460 e. The number of furan rings is 1. The first-order valence-corrected chi connectivity index (χ1v) is 48.0. The Morgan fingerprint density at radius 1 is 0.456 bits per heavy atom. The molecular weight excluding hydrogens is 1860 g/mol. The van der Waals surface area contributed by atoms with Crippen molar-refractivity contribution in [3.63, 3.8) is 0 Å². The van der Waals surface area contributed by atoms with Crippen molar-refractivity contribution in [1.82, 2.24) is 109 Å². The molecule has 0 bridgehead atoms. The Morgan fingerprint density at radius 3 is 1.65 bits per heavy atom. The second-order valence-corrected chi connectivity index (χ2v) is 38.5. The number of aromatic amines is 1. The molecule has 0 unspecified atom stereocenters. The Balaban J connectivity index is 0.000000102. The Labute approximate surface area is 808 Å². The van der Waals surface area contributed by atoms with E-state index in [-0.39, 0.29) is 5.56 Å². The number of anilines is 5. The largest absolute Gasteiger partial charge is 0.460 e. The Kier molecular flexibility index (Phi) is 24.1. The summed E-state index contributed by atoms with van der Waals surface area (Å²) >= 11 is 35.3. The Morgan fingerprint density at radius 2 is 1.02 bits per heavy atom. The number of fused-ring (bicyclic) bond motifs is 5. The first kappa shape index (κ1) is 88.5. The number of nitrogens with zero attached hydrogens (tertiary/aromatic N) is 21. The minimum absolute atomic E-state index is 0.201. The number of nitrogens with one attached hydrogen (secondary N) is 1. The maximum Gasteiger partial charge on any atom is 0.256 e. The van der Waals surface area contributed by atoms with E-state index in [1.54, 1.807) is 63.3 Å². The third kappa shape index (κ3) is 17.8. The molecule has 0 aliphatic heterocycles. The number of H-pyrrole nitrogens is 1. The van der Waals surface area contributed by atoms with Crippen molar-refractivity contribution in [1.29, 1.82) is 0 Å². The standard InChI is InChI=1S/C21H17ClN4O.C20H19ClN6O.C19H17ClN6O.C19H17ClN6S.C19H14ClN5OS/c1-11-4-7-16(27-11)20-18(25-19(12-5-6-12)21(23)26-20)14-9-13-3-2-8-24-17(13)15(22)10-14;1-27-7-6-14(26-27)18-16(12-8-13(21)19-15(9-12)23-10-28-19)24-17(20(22)25-18)11-4-2-3-5-11;1-10-5-6-26(25-10)19-16(23-15(18(21)24-19)11-3-2-4-11)12-7-13-9-22-27-17(13)14(20)8-12;1-9-7-22-19(27-9)17-14(25-15(18(21)26-17)10-3-2-4-10)11-5-12(20)16-13(6-11)23-8-24-16;20-12-7-11(8-13-17(12)27-9-22-13)16-19(25-6-2-1-3-14(25)26)24-18(21)15(23-16)10-4-5-10/h2-4,7-10,12H,5-6H2,1H3,(H2,23,26);6-11H,2-5H2,1H3,(H2,22,25);5-9,11H,2-4H2,1H3,(H2,21,24);5-8,10H,2-4H2,1H3,(H2,21,26)(H,23,24);1-3,6-10H,4-5H2,(H2,21,24). The van der Waals surface area contributed by atoms with Gasteiger partial charge in [-0.2, -0.15) is 10.2 Å². The van der Waals surface area contributed by atoms with Crippen molar-refractivity contribution in [2.24, 2.45) is 7.05 Å². The van der Waals surface area contributed by atoms with E-state index in [4.69, 9.17) is 135 Å². The zero-order valence-corrected chi connectivity index (χ0v) is 79.0. The molecule has 5 aliphatic rings. The Bertz CT molecular complexity index is 7850. The topological polar surface area (TPSA) is 449 Å². The molecule has 136 heavy (non-hydrogen) atoms. The number of pyridine rings is 2. The van der Waals surface area contributed by atoms with E-state index in [2.05, 4.69) is 60.2 Å². The lowest BCUT2D eigenvalue weighted by atomic mass is 9.82. The predicted octanol–water partition coefficient (Wildman–Crippen LogP) is 23.2. The van der Waals surface area contributed by atoms with E-state index in [0.29, 0.717) is 158 Å². The molecule has 15 aromatic heterocycles. The quantitative estimate of drug-likeness (QED) is 0.0555. The van der Waals surface area contributed by atoms with Crippen molar-refractivity contribution < 1.29 is 13.4 Å². The van der Waals surface area contributed by atoms with Gasteiger partial charge >= 0.3 is 0 Å². The number of aryl methyl sites for hydroxylation is 4. The van der Waals surface area contributed by atoms with E-state index in [1.165, 1.54) is 54.0 Å². The molecule has 5 fully saturated rings. The van der Waals surface area contributed by atoms with Crippen molar-refractivity contribution in [3.8, 4) is 101 Å². The SMILES string of the molecule is Cc1ccc(-c2nc(N)c(C3CC3)nc2-c2cc(Cl)c3ncccc3c2)o1.Cc1ccn(-c2nc(N)c(C3CCC3)nc2-c2cc(Cl)c3oncc3c2)n1.Cc1cnc(-c2nc(N)c(C3CCC3)nc2-c2cc(Cl)c3nc[nH]c3c2)s1.Cn1ccc(-c2nc(N)c(C3CCCC3)nc2-c2cc(Cl)c3ocnc3c2)n1.Nc1nc(-n2ccccc2=O)c(-c2cc(Cl)c3scnc3c2)nc1C1CC1. The number of benzene rings is 5. The molecule has 20 aromatic rings. The second kappa shape index (κ2) is 37.0. The first-order chi connectivity index (χ1) is 66.0. The van der Waals surface area contributed by atoms with Gasteiger partial charge in [-0.3, -0.25) is 19.0 Å². The molecule has 5 aromatic carbocycles. The predicted molar refractivity (Wildman–Crippen MR) is 534 cm³/mol. The van der Waals surface area contributed by atoms with Gasteiger partial charge in [0.15, 0.2) is 35.0 Å². The van der Waals surface area contributed by atoms with Crippen LogP contribution in [0.4, 0.5) is 29.1 Å². The molecule has 38 heteroatoms. The maximum absolute atomic E-state index is 12.4. The lowest BCUT2D eigenvalue weighted by Crippen LogP contribution is -2.19. The summed E-state index contributed by atoms with van der Waals surface area (Å²) in [5.41, 5.74) is 53.2. The van der Waals surface area contributed by atoms with Crippen LogP contribution >= 0.6 is 80.7 Å². The molecule has 0 saturated heterocycles. The van der Waals surface area contributed by atoms with Crippen LogP contribution < -0.4 is 34.2 Å². The number of halogens is 5. The molecule has 15 heterocycles. The number of hydrogen-bond acceptors (Lipinski definition) is 29. The van der Waals surface area contributed by atoms with Crippen LogP contribution in [0.25, 0.3) is 156 Å². The fraction of sp³-hybridized carbons (Fsp3) is 0.235. The zero-order chi connectivity index (χ0) is 93.4. The van der Waals surface area contributed by atoms with Crippen LogP contribution in [0.3, 0.4) is 0 Å². The third-order valence-corrected chi connectivity index (χ3v) is 28.1. The van der Waals surface area contributed by atoms with Gasteiger partial charge in [-0.1, -0.05) is 101 Å². The van der Waals surface area contributed by atoms with Gasteiger partial charge in [0.1, 0.15) is 90.7 Å². The molecule has 25 rings (SSSR count). The second-order valence-electron chi connectivity index (χ2n) is 34.4. The first-order valence-electron chi connectivity index (χ1n) is 44.4. The average Bonchev–Trinajstić information content (AvgIpc) is 1.46. The van der Waals surface area contributed by atoms with Crippen molar-refractivity contribution >= 4 is 164 Å². The number of nitrogen functional groups attached to an aromatic ring is 5. The molecule has 11 N–H and O–H groups in total. The number of nitrogens with two attached hydrogens (primary N) is 5. The highest BCUT2D eigenvalue weighted by atomic mass is 35.5. The van der Waals surface area contributed by atoms with E-state index >= 15 is 0 Å². The summed E-state index contributed by atoms with van der Waals surface area (Å²) in [5, 5.41) is 18.1. The molecule has 5 aliphatic carbocycles. The summed E-state index contributed by atoms with van der Waals surface area (Å²) in [4.78, 5) is 86.3. The molecule has 682 valence electrons. The lowest BCUT2D eigenvalue weighted by Gasteiger charge is -2.26. The van der Waals surface area contributed by atoms with Crippen LogP contribution in [0.15, 0.2) is 189 Å². The van der Waals surface area contributed by atoms with Crippen molar-refractivity contribution in [3.05, 3.63) is 251 Å². The zero-order valence-electron chi connectivity index (χ0n) is 73.6. The van der Waals surface area contributed by atoms with Crippen molar-refractivity contribution in [2.45, 2.75) is 140 Å². The normalized spacial score (nSPS) is 14.4. The third-order valence-electron chi connectivity index (χ3n) is 24.8. The average molecular weight is 1950 g/mol. The van der Waals surface area contributed by atoms with Crippen molar-refractivity contribution in [2.75, 3.05) is 28.7 Å². The number of imidazole rings is 1. The molecular formula is C98H84Cl5N27O4S2. The van der Waals surface area contributed by atoms with E-state index in [0.717, 1.165) is 191 Å². The van der Waals surface area contributed by atoms with Crippen LogP contribution in [0, 0.1) is 20.8 Å². The summed E-state index contributed by atoms with van der Waals surface area (Å²) < 4.78 is 22.2. The summed E-state index contributed by atoms with van der Waals surface area (Å²) in [6.45, 7) is 5.85. The summed E-state index contributed by atoms with van der Waals surface area (Å²) in [7, 11) is 1.87. The minimum atomic E-state index is -0.201. The van der Waals surface area contributed by atoms with E-state index in [9.17, 15) is 4.79 Å². The number of hydrogen-bond donors (Lipinski definition) is 6. The summed E-state index contributed by atoms with van der Waals surface area (Å²) in [5.74, 6) is 6.51. The highest BCUT2D eigenvalue weighted by molar-refractivity contribution is 7.17. The van der Waals surface area contributed by atoms with Crippen LogP contribution in [-0.2, 0) is 7.05 Å². The van der Waals surface area contributed by atoms with Gasteiger partial charge in [-0.15, -0.1) is 22.7 Å². The molecule has 5 saturated carbocycles. The van der Waals surface area contributed by atoms with E-state index < -0.39 is 0 Å².